The SMILES string of the molecule is COc1cc(O)c2c(c1)/C=C/C[C@H](O)[C@@H](O)C(=O)/C=C\[C@@H](C)[C@H](C)OC2=O. The van der Waals surface area contributed by atoms with Crippen LogP contribution in [0.4, 0.5) is 0 Å². The molecule has 0 spiro atoms. The number of rotatable bonds is 1. The van der Waals surface area contributed by atoms with Gasteiger partial charge in [0.2, 0.25) is 0 Å². The summed E-state index contributed by atoms with van der Waals surface area (Å²) in [5.41, 5.74) is 0.301. The largest absolute Gasteiger partial charge is 0.507 e. The maximum absolute atomic E-state index is 12.6. The Bertz CT molecular complexity index is 766. The van der Waals surface area contributed by atoms with E-state index in [0.717, 1.165) is 0 Å². The first kappa shape index (κ1) is 20.7. The molecule has 0 unspecified atom stereocenters. The predicted molar refractivity (Wildman–Crippen MR) is 98.5 cm³/mol. The Morgan fingerprint density at radius 2 is 1.85 bits per heavy atom. The summed E-state index contributed by atoms with van der Waals surface area (Å²) in [5, 5.41) is 30.2. The number of phenolic OH excluding ortho intramolecular Hbond substituents is 1. The first-order valence-corrected chi connectivity index (χ1v) is 8.61. The Balaban J connectivity index is 2.50. The quantitative estimate of drug-likeness (QED) is 0.641. The number of aliphatic hydroxyl groups excluding tert-OH is 2. The van der Waals surface area contributed by atoms with Crippen molar-refractivity contribution in [2.24, 2.45) is 5.92 Å². The lowest BCUT2D eigenvalue weighted by Crippen LogP contribution is -2.32. The molecule has 1 aliphatic heterocycles. The molecule has 0 radical (unpaired) electrons. The van der Waals surface area contributed by atoms with Crippen LogP contribution in [0.1, 0.15) is 36.2 Å². The molecule has 0 aromatic heterocycles. The first-order valence-electron chi connectivity index (χ1n) is 8.61. The molecule has 1 aromatic carbocycles. The van der Waals surface area contributed by atoms with Crippen LogP contribution in [0.2, 0.25) is 0 Å². The van der Waals surface area contributed by atoms with E-state index < -0.39 is 30.1 Å². The van der Waals surface area contributed by atoms with Gasteiger partial charge in [0.05, 0.1) is 13.2 Å². The van der Waals surface area contributed by atoms with E-state index in [1.807, 2.05) is 0 Å². The smallest absolute Gasteiger partial charge is 0.342 e. The summed E-state index contributed by atoms with van der Waals surface area (Å²) in [6, 6.07) is 2.85. The molecule has 0 amide bonds. The van der Waals surface area contributed by atoms with E-state index >= 15 is 0 Å². The molecule has 1 heterocycles. The highest BCUT2D eigenvalue weighted by Crippen LogP contribution is 2.30. The normalized spacial score (nSPS) is 29.2. The van der Waals surface area contributed by atoms with E-state index in [0.29, 0.717) is 11.3 Å². The van der Waals surface area contributed by atoms with E-state index in [4.69, 9.17) is 9.47 Å². The minimum absolute atomic E-state index is 0.0286. The summed E-state index contributed by atoms with van der Waals surface area (Å²) >= 11 is 0. The number of esters is 1. The van der Waals surface area contributed by atoms with Crippen LogP contribution in [-0.4, -0.2) is 52.5 Å². The summed E-state index contributed by atoms with van der Waals surface area (Å²) in [6.07, 6.45) is 2.19. The minimum atomic E-state index is -1.56. The van der Waals surface area contributed by atoms with Crippen molar-refractivity contribution in [3.8, 4) is 11.5 Å². The molecule has 0 fully saturated rings. The average Bonchev–Trinajstić information content (AvgIpc) is 2.63. The molecule has 7 heteroatoms. The number of aliphatic hydroxyl groups is 2. The van der Waals surface area contributed by atoms with Gasteiger partial charge in [-0.25, -0.2) is 4.79 Å². The number of aromatic hydroxyl groups is 1. The second-order valence-electron chi connectivity index (χ2n) is 6.49. The maximum Gasteiger partial charge on any atom is 0.342 e. The molecule has 0 saturated heterocycles. The van der Waals surface area contributed by atoms with Gasteiger partial charge in [-0.1, -0.05) is 25.2 Å². The van der Waals surface area contributed by atoms with E-state index in [-0.39, 0.29) is 23.7 Å². The predicted octanol–water partition coefficient (Wildman–Crippen LogP) is 1.85. The number of benzene rings is 1. The Morgan fingerprint density at radius 3 is 2.52 bits per heavy atom. The summed E-state index contributed by atoms with van der Waals surface area (Å²) in [6.45, 7) is 3.40. The number of ether oxygens (including phenoxy) is 2. The Hall–Kier alpha value is -2.64. The zero-order valence-corrected chi connectivity index (χ0v) is 15.5. The van der Waals surface area contributed by atoms with Crippen molar-refractivity contribution in [3.05, 3.63) is 41.5 Å². The fraction of sp³-hybridized carbons (Fsp3) is 0.400. The van der Waals surface area contributed by atoms with Gasteiger partial charge in [0.15, 0.2) is 5.78 Å². The van der Waals surface area contributed by atoms with Gasteiger partial charge in [0, 0.05) is 12.0 Å². The fourth-order valence-corrected chi connectivity index (χ4v) is 2.58. The van der Waals surface area contributed by atoms with Gasteiger partial charge in [-0.3, -0.25) is 4.79 Å². The van der Waals surface area contributed by atoms with E-state index in [1.165, 1.54) is 37.5 Å². The van der Waals surface area contributed by atoms with Crippen molar-refractivity contribution < 1.29 is 34.4 Å². The third-order valence-electron chi connectivity index (χ3n) is 4.49. The highest BCUT2D eigenvalue weighted by Gasteiger charge is 2.25. The molecule has 0 aliphatic carbocycles. The van der Waals surface area contributed by atoms with E-state index in [9.17, 15) is 24.9 Å². The van der Waals surface area contributed by atoms with Gasteiger partial charge in [-0.2, -0.15) is 0 Å². The molecule has 7 nitrogen and oxygen atoms in total. The molecule has 1 aromatic rings. The van der Waals surface area contributed by atoms with Gasteiger partial charge in [0.25, 0.3) is 0 Å². The number of carbonyl (C=O) groups excluding carboxylic acids is 2. The Labute approximate surface area is 157 Å². The molecule has 2 rings (SSSR count). The molecular formula is C20H24O7. The number of cyclic esters (lactones) is 1. The van der Waals surface area contributed by atoms with Gasteiger partial charge in [0.1, 0.15) is 29.3 Å². The zero-order valence-electron chi connectivity index (χ0n) is 15.5. The van der Waals surface area contributed by atoms with Crippen LogP contribution in [-0.2, 0) is 9.53 Å². The Morgan fingerprint density at radius 1 is 1.15 bits per heavy atom. The highest BCUT2D eigenvalue weighted by atomic mass is 16.5. The second-order valence-corrected chi connectivity index (χ2v) is 6.49. The van der Waals surface area contributed by atoms with Gasteiger partial charge in [-0.05, 0) is 31.1 Å². The summed E-state index contributed by atoms with van der Waals surface area (Å²) in [7, 11) is 1.42. The lowest BCUT2D eigenvalue weighted by atomic mass is 9.99. The van der Waals surface area contributed by atoms with E-state index in [2.05, 4.69) is 0 Å². The summed E-state index contributed by atoms with van der Waals surface area (Å²) in [4.78, 5) is 24.6. The molecule has 0 saturated carbocycles. The molecule has 3 N–H and O–H groups in total. The summed E-state index contributed by atoms with van der Waals surface area (Å²) < 4.78 is 10.5. The third-order valence-corrected chi connectivity index (χ3v) is 4.49. The van der Waals surface area contributed by atoms with Gasteiger partial charge >= 0.3 is 5.97 Å². The van der Waals surface area contributed by atoms with Crippen molar-refractivity contribution in [1.29, 1.82) is 0 Å². The first-order chi connectivity index (χ1) is 12.7. The van der Waals surface area contributed by atoms with Crippen LogP contribution < -0.4 is 4.74 Å². The number of hydrogen-bond acceptors (Lipinski definition) is 7. The molecule has 4 atom stereocenters. The second kappa shape index (κ2) is 8.83. The molecular weight excluding hydrogens is 352 g/mol. The van der Waals surface area contributed by atoms with Crippen LogP contribution in [0.15, 0.2) is 30.4 Å². The fourth-order valence-electron chi connectivity index (χ4n) is 2.58. The van der Waals surface area contributed by atoms with Gasteiger partial charge < -0.3 is 24.8 Å². The van der Waals surface area contributed by atoms with Crippen LogP contribution >= 0.6 is 0 Å². The van der Waals surface area contributed by atoms with Crippen LogP contribution in [0, 0.1) is 5.92 Å². The standard InChI is InChI=1S/C20H24O7/c1-11-7-8-16(22)19(24)15(21)6-4-5-13-9-14(26-3)10-17(23)18(13)20(25)27-12(11)2/h4-5,7-12,15,19,21,23-24H,6H2,1-3H3/b5-4+,8-7-/t11-,12+,15+,19-/m1/s1. The third kappa shape index (κ3) is 4.96. The Kier molecular flexibility index (Phi) is 6.76. The molecule has 1 aliphatic rings. The number of phenols is 1. The molecule has 0 bridgehead atoms. The number of methoxy groups -OCH3 is 1. The number of carbonyl (C=O) groups is 2. The average molecular weight is 376 g/mol. The lowest BCUT2D eigenvalue weighted by Gasteiger charge is -2.20. The van der Waals surface area contributed by atoms with Crippen LogP contribution in [0.5, 0.6) is 11.5 Å². The van der Waals surface area contributed by atoms with Crippen molar-refractivity contribution in [1.82, 2.24) is 0 Å². The number of ketones is 1. The maximum atomic E-state index is 12.6. The zero-order chi connectivity index (χ0) is 20.1. The molecule has 27 heavy (non-hydrogen) atoms. The van der Waals surface area contributed by atoms with E-state index in [1.54, 1.807) is 19.9 Å². The molecule has 146 valence electrons. The minimum Gasteiger partial charge on any atom is -0.507 e. The highest BCUT2D eigenvalue weighted by molar-refractivity contribution is 5.97. The van der Waals surface area contributed by atoms with Crippen molar-refractivity contribution >= 4 is 17.8 Å². The summed E-state index contributed by atoms with van der Waals surface area (Å²) in [5.74, 6) is -1.63. The van der Waals surface area contributed by atoms with Crippen molar-refractivity contribution in [2.75, 3.05) is 7.11 Å². The van der Waals surface area contributed by atoms with Crippen LogP contribution in [0.25, 0.3) is 6.08 Å². The van der Waals surface area contributed by atoms with Gasteiger partial charge in [-0.15, -0.1) is 0 Å². The van der Waals surface area contributed by atoms with Crippen LogP contribution in [0.3, 0.4) is 0 Å². The van der Waals surface area contributed by atoms with Crippen molar-refractivity contribution in [3.63, 3.8) is 0 Å². The number of fused-ring (bicyclic) bond motifs is 1. The monoisotopic (exact) mass is 376 g/mol. The topological polar surface area (TPSA) is 113 Å². The lowest BCUT2D eigenvalue weighted by molar-refractivity contribution is -0.127. The van der Waals surface area contributed by atoms with Crippen molar-refractivity contribution in [2.45, 2.75) is 38.6 Å². The number of hydrogen-bond donors (Lipinski definition) is 3.